The summed E-state index contributed by atoms with van der Waals surface area (Å²) >= 11 is 0. The Morgan fingerprint density at radius 3 is 2.29 bits per heavy atom. The highest BCUT2D eigenvalue weighted by atomic mass is 16.6. The van der Waals surface area contributed by atoms with Gasteiger partial charge in [0.1, 0.15) is 11.9 Å². The van der Waals surface area contributed by atoms with Gasteiger partial charge in [-0.3, -0.25) is 14.9 Å². The van der Waals surface area contributed by atoms with E-state index in [1.165, 1.54) is 0 Å². The number of phenolic OH excluding ortho intramolecular Hbond substituents is 1. The largest absolute Gasteiger partial charge is 0.508 e. The van der Waals surface area contributed by atoms with E-state index in [4.69, 9.17) is 4.74 Å². The van der Waals surface area contributed by atoms with Gasteiger partial charge in [-0.25, -0.2) is 4.79 Å². The molecule has 0 spiro atoms. The average Bonchev–Trinajstić information content (AvgIpc) is 3.13. The number of likely N-dealkylation sites (tertiary alicyclic amines) is 1. The summed E-state index contributed by atoms with van der Waals surface area (Å²) in [5, 5.41) is 21.7. The Kier molecular flexibility index (Phi) is 13.3. The Bertz CT molecular complexity index is 1660. The first-order chi connectivity index (χ1) is 23.9. The molecule has 0 saturated carbocycles. The number of carbonyl (C=O) groups excluding carboxylic acids is 3. The minimum atomic E-state index is -0.446. The maximum atomic E-state index is 12.8. The van der Waals surface area contributed by atoms with E-state index in [1.807, 2.05) is 66.7 Å². The molecule has 0 unspecified atom stereocenters. The minimum Gasteiger partial charge on any atom is -0.508 e. The molecule has 0 aliphatic carbocycles. The Morgan fingerprint density at radius 1 is 0.755 bits per heavy atom. The molecule has 1 aliphatic rings. The van der Waals surface area contributed by atoms with Gasteiger partial charge in [-0.05, 0) is 67.3 Å². The van der Waals surface area contributed by atoms with Gasteiger partial charge in [0.2, 0.25) is 0 Å². The highest BCUT2D eigenvalue weighted by molar-refractivity contribution is 6.01. The molecule has 10 heteroatoms. The maximum absolute atomic E-state index is 12.8. The molecule has 5 N–H and O–H groups in total. The summed E-state index contributed by atoms with van der Waals surface area (Å²) in [4.78, 5) is 40.5. The molecular weight excluding hydrogens is 618 g/mol. The number of aromatic hydroxyl groups is 1. The Labute approximate surface area is 287 Å². The number of hydrogen-bond acceptors (Lipinski definition) is 8. The third-order valence-electron chi connectivity index (χ3n) is 8.51. The fourth-order valence-corrected chi connectivity index (χ4v) is 5.76. The first-order valence-corrected chi connectivity index (χ1v) is 16.9. The van der Waals surface area contributed by atoms with E-state index < -0.39 is 6.09 Å². The van der Waals surface area contributed by atoms with Gasteiger partial charge in [0, 0.05) is 56.0 Å². The van der Waals surface area contributed by atoms with Gasteiger partial charge < -0.3 is 30.7 Å². The predicted octanol–water partition coefficient (Wildman–Crippen LogP) is 5.11. The number of carbonyl (C=O) groups is 3. The summed E-state index contributed by atoms with van der Waals surface area (Å²) in [7, 11) is 0. The molecule has 0 radical (unpaired) electrons. The third-order valence-corrected chi connectivity index (χ3v) is 8.51. The highest BCUT2D eigenvalue weighted by Crippen LogP contribution is 2.28. The predicted molar refractivity (Wildman–Crippen MR) is 192 cm³/mol. The molecule has 256 valence electrons. The zero-order chi connectivity index (χ0) is 34.3. The number of benzene rings is 4. The van der Waals surface area contributed by atoms with E-state index in [9.17, 15) is 19.5 Å². The number of amides is 2. The smallest absolute Gasteiger partial charge is 0.411 e. The van der Waals surface area contributed by atoms with Crippen molar-refractivity contribution in [3.05, 3.63) is 120 Å². The van der Waals surface area contributed by atoms with Gasteiger partial charge in [-0.2, -0.15) is 0 Å². The number of piperidine rings is 1. The molecule has 0 bridgehead atoms. The summed E-state index contributed by atoms with van der Waals surface area (Å²) in [6.45, 7) is 5.06. The minimum absolute atomic E-state index is 0.0718. The number of ketones is 1. The molecule has 10 nitrogen and oxygen atoms in total. The van der Waals surface area contributed by atoms with Crippen LogP contribution in [0.2, 0.25) is 0 Å². The maximum Gasteiger partial charge on any atom is 0.411 e. The molecule has 0 aromatic heterocycles. The van der Waals surface area contributed by atoms with Crippen LogP contribution < -0.4 is 21.3 Å². The van der Waals surface area contributed by atoms with E-state index in [1.54, 1.807) is 36.4 Å². The number of rotatable bonds is 16. The van der Waals surface area contributed by atoms with Crippen LogP contribution in [0.1, 0.15) is 39.1 Å². The van der Waals surface area contributed by atoms with Crippen LogP contribution in [0.4, 0.5) is 10.5 Å². The van der Waals surface area contributed by atoms with Gasteiger partial charge in [0.15, 0.2) is 5.78 Å². The van der Waals surface area contributed by atoms with Crippen molar-refractivity contribution in [2.24, 2.45) is 0 Å². The van der Waals surface area contributed by atoms with Crippen molar-refractivity contribution in [1.82, 2.24) is 20.9 Å². The van der Waals surface area contributed by atoms with E-state index >= 15 is 0 Å². The van der Waals surface area contributed by atoms with Crippen molar-refractivity contribution in [2.45, 2.75) is 25.4 Å². The summed E-state index contributed by atoms with van der Waals surface area (Å²) in [5.41, 5.74) is 4.76. The molecule has 1 heterocycles. The molecule has 4 aromatic rings. The molecule has 1 saturated heterocycles. The van der Waals surface area contributed by atoms with Crippen LogP contribution in [-0.2, 0) is 11.2 Å². The zero-order valence-electron chi connectivity index (χ0n) is 27.7. The third kappa shape index (κ3) is 11.3. The van der Waals surface area contributed by atoms with E-state index in [2.05, 4.69) is 26.2 Å². The Hall–Kier alpha value is -5.03. The summed E-state index contributed by atoms with van der Waals surface area (Å²) in [6.07, 6.45) is 1.73. The molecule has 1 aliphatic heterocycles. The monoisotopic (exact) mass is 663 g/mol. The van der Waals surface area contributed by atoms with E-state index in [-0.39, 0.29) is 30.1 Å². The van der Waals surface area contributed by atoms with Gasteiger partial charge in [-0.15, -0.1) is 0 Å². The molecule has 1 fully saturated rings. The fourth-order valence-electron chi connectivity index (χ4n) is 5.76. The number of ether oxygens (including phenoxy) is 1. The number of Topliss-reactive ketones (excluding diaryl/α,β-unsaturated/α-hetero) is 1. The first kappa shape index (κ1) is 35.3. The number of phenols is 1. The summed E-state index contributed by atoms with van der Waals surface area (Å²) in [5.74, 6) is -0.0370. The fraction of sp³-hybridized carbons (Fsp3) is 0.308. The number of para-hydroxylation sites is 1. The topological polar surface area (TPSA) is 132 Å². The second kappa shape index (κ2) is 18.5. The standard InChI is InChI=1S/C39H45N5O5/c45-33-15-13-29(14-16-33)17-20-40-21-22-42-38(47)32-10-6-9-31(27-32)37(46)28-41-23-26-44-24-18-34(19-25-44)49-39(48)43-36-12-5-4-11-35(36)30-7-2-1-3-8-30/h1-16,27,34,40-41,45H,17-26,28H2,(H,42,47)(H,43,48). The SMILES string of the molecule is O=C(Nc1ccccc1-c1ccccc1)OC1CCN(CCNCC(=O)c2cccc(C(=O)NCCNCCc3ccc(O)cc3)c2)CC1. The van der Waals surface area contributed by atoms with Crippen LogP contribution in [0, 0.1) is 0 Å². The van der Waals surface area contributed by atoms with Gasteiger partial charge >= 0.3 is 6.09 Å². The van der Waals surface area contributed by atoms with E-state index in [0.717, 1.165) is 67.8 Å². The lowest BCUT2D eigenvalue weighted by molar-refractivity contribution is 0.0593. The van der Waals surface area contributed by atoms with Gasteiger partial charge in [-0.1, -0.05) is 72.8 Å². The Morgan fingerprint density at radius 2 is 1.49 bits per heavy atom. The van der Waals surface area contributed by atoms with Crippen molar-refractivity contribution in [1.29, 1.82) is 0 Å². The number of hydrogen-bond donors (Lipinski definition) is 5. The van der Waals surface area contributed by atoms with E-state index in [0.29, 0.717) is 30.8 Å². The van der Waals surface area contributed by atoms with Crippen LogP contribution in [0.5, 0.6) is 5.75 Å². The lowest BCUT2D eigenvalue weighted by atomic mass is 10.0. The molecule has 5 rings (SSSR count). The quantitative estimate of drug-likeness (QED) is 0.0826. The molecule has 2 amide bonds. The summed E-state index contributed by atoms with van der Waals surface area (Å²) < 4.78 is 5.75. The van der Waals surface area contributed by atoms with Crippen LogP contribution in [-0.4, -0.2) is 86.3 Å². The number of nitrogens with zero attached hydrogens (tertiary/aromatic N) is 1. The first-order valence-electron chi connectivity index (χ1n) is 16.9. The van der Waals surface area contributed by atoms with Crippen LogP contribution in [0.3, 0.4) is 0 Å². The van der Waals surface area contributed by atoms with Crippen molar-refractivity contribution >= 4 is 23.5 Å². The van der Waals surface area contributed by atoms with Crippen molar-refractivity contribution in [3.63, 3.8) is 0 Å². The molecule has 0 atom stereocenters. The lowest BCUT2D eigenvalue weighted by Crippen LogP contribution is -2.42. The van der Waals surface area contributed by atoms with Crippen molar-refractivity contribution < 1.29 is 24.2 Å². The zero-order valence-corrected chi connectivity index (χ0v) is 27.7. The summed E-state index contributed by atoms with van der Waals surface area (Å²) in [6, 6.07) is 31.5. The second-order valence-corrected chi connectivity index (χ2v) is 12.1. The number of nitrogens with one attached hydrogen (secondary N) is 4. The molecular formula is C39H45N5O5. The van der Waals surface area contributed by atoms with Crippen LogP contribution >= 0.6 is 0 Å². The number of anilines is 1. The molecule has 4 aromatic carbocycles. The van der Waals surface area contributed by atoms with Crippen LogP contribution in [0.25, 0.3) is 11.1 Å². The Balaban J connectivity index is 0.942. The average molecular weight is 664 g/mol. The van der Waals surface area contributed by atoms with Gasteiger partial charge in [0.25, 0.3) is 5.91 Å². The van der Waals surface area contributed by atoms with Gasteiger partial charge in [0.05, 0.1) is 12.2 Å². The lowest BCUT2D eigenvalue weighted by Gasteiger charge is -2.31. The highest BCUT2D eigenvalue weighted by Gasteiger charge is 2.22. The van der Waals surface area contributed by atoms with Crippen molar-refractivity contribution in [3.8, 4) is 16.9 Å². The van der Waals surface area contributed by atoms with Crippen molar-refractivity contribution in [2.75, 3.05) is 57.7 Å². The normalized spacial score (nSPS) is 13.5. The molecule has 49 heavy (non-hydrogen) atoms. The van der Waals surface area contributed by atoms with Crippen LogP contribution in [0.15, 0.2) is 103 Å². The second-order valence-electron chi connectivity index (χ2n) is 12.1.